The summed E-state index contributed by atoms with van der Waals surface area (Å²) in [5, 5.41) is 0.258. The Morgan fingerprint density at radius 2 is 2.04 bits per heavy atom. The lowest BCUT2D eigenvalue weighted by Gasteiger charge is -2.04. The first kappa shape index (κ1) is 15.3. The molecule has 0 amide bonds. The Morgan fingerprint density at radius 3 is 2.79 bits per heavy atom. The van der Waals surface area contributed by atoms with Crippen molar-refractivity contribution in [2.75, 3.05) is 0 Å². The van der Waals surface area contributed by atoms with Crippen LogP contribution in [-0.4, -0.2) is 23.4 Å². The smallest absolute Gasteiger partial charge is 0.241 e. The summed E-state index contributed by atoms with van der Waals surface area (Å²) in [6.07, 6.45) is 1.09. The number of sulfonamides is 1. The van der Waals surface area contributed by atoms with E-state index in [9.17, 15) is 12.8 Å². The maximum atomic E-state index is 13.0. The van der Waals surface area contributed by atoms with Gasteiger partial charge in [-0.05, 0) is 23.8 Å². The Morgan fingerprint density at radius 1 is 1.21 bits per heavy atom. The third-order valence-corrected chi connectivity index (χ3v) is 5.51. The van der Waals surface area contributed by atoms with Crippen molar-refractivity contribution in [1.29, 1.82) is 0 Å². The van der Waals surface area contributed by atoms with Gasteiger partial charge in [0, 0.05) is 12.1 Å². The third-order valence-electron chi connectivity index (χ3n) is 3.75. The molecule has 1 aromatic carbocycles. The molecule has 3 heterocycles. The van der Waals surface area contributed by atoms with E-state index in [2.05, 4.69) is 19.7 Å². The van der Waals surface area contributed by atoms with Crippen molar-refractivity contribution in [3.8, 4) is 22.8 Å². The zero-order valence-electron chi connectivity index (χ0n) is 12.0. The second kappa shape index (κ2) is 5.37. The number of halogens is 2. The van der Waals surface area contributed by atoms with E-state index in [-0.39, 0.29) is 16.6 Å². The number of aromatic amines is 1. The van der Waals surface area contributed by atoms with Crippen LogP contribution in [0.25, 0.3) is 22.8 Å². The highest BCUT2D eigenvalue weighted by molar-refractivity contribution is 7.89. The van der Waals surface area contributed by atoms with Crippen LogP contribution >= 0.6 is 11.6 Å². The van der Waals surface area contributed by atoms with Gasteiger partial charge in [0.1, 0.15) is 22.4 Å². The number of H-pyrrole nitrogens is 1. The second-order valence-corrected chi connectivity index (χ2v) is 7.33. The fourth-order valence-corrected chi connectivity index (χ4v) is 4.12. The number of nitrogens with one attached hydrogen (secondary N) is 2. The van der Waals surface area contributed by atoms with Gasteiger partial charge < -0.3 is 4.98 Å². The molecular formula is C15H10ClFN4O2S. The van der Waals surface area contributed by atoms with Crippen molar-refractivity contribution in [2.24, 2.45) is 0 Å². The van der Waals surface area contributed by atoms with E-state index >= 15 is 0 Å². The van der Waals surface area contributed by atoms with Crippen LogP contribution in [0.5, 0.6) is 0 Å². The maximum Gasteiger partial charge on any atom is 0.241 e. The molecule has 2 N–H and O–H groups in total. The van der Waals surface area contributed by atoms with Crippen LogP contribution in [0.15, 0.2) is 41.4 Å². The molecule has 9 heteroatoms. The number of benzene rings is 1. The molecule has 0 saturated heterocycles. The monoisotopic (exact) mass is 364 g/mol. The third kappa shape index (κ3) is 2.39. The SMILES string of the molecule is O=S1(=O)NCc2c(-c3nc(-c4ccc(F)cn4)[nH]c3Cl)cccc21. The summed E-state index contributed by atoms with van der Waals surface area (Å²) in [6.45, 7) is 0.182. The summed E-state index contributed by atoms with van der Waals surface area (Å²) >= 11 is 6.24. The number of hydrogen-bond acceptors (Lipinski definition) is 4. The van der Waals surface area contributed by atoms with E-state index in [0.29, 0.717) is 28.3 Å². The molecule has 0 spiro atoms. The predicted molar refractivity (Wildman–Crippen MR) is 86.2 cm³/mol. The van der Waals surface area contributed by atoms with Crippen LogP contribution in [-0.2, 0) is 16.6 Å². The topological polar surface area (TPSA) is 87.7 Å². The van der Waals surface area contributed by atoms with E-state index < -0.39 is 15.8 Å². The number of aromatic nitrogens is 3. The summed E-state index contributed by atoms with van der Waals surface area (Å²) in [6, 6.07) is 7.69. The first-order chi connectivity index (χ1) is 11.5. The minimum Gasteiger partial charge on any atom is -0.327 e. The Balaban J connectivity index is 1.85. The molecule has 0 unspecified atom stereocenters. The van der Waals surface area contributed by atoms with Crippen molar-refractivity contribution in [1.82, 2.24) is 19.7 Å². The molecular weight excluding hydrogens is 355 g/mol. The summed E-state index contributed by atoms with van der Waals surface area (Å²) in [5.41, 5.74) is 2.09. The Bertz CT molecular complexity index is 1050. The standard InChI is InChI=1S/C15H10ClFN4O2S/c16-14-13(20-15(21-14)11-5-4-8(17)6-18-11)9-2-1-3-12-10(9)7-19-24(12,22)23/h1-6,19H,7H2,(H,20,21). The number of nitrogens with zero attached hydrogens (tertiary/aromatic N) is 2. The van der Waals surface area contributed by atoms with Crippen molar-refractivity contribution >= 4 is 21.6 Å². The highest BCUT2D eigenvalue weighted by Crippen LogP contribution is 2.35. The van der Waals surface area contributed by atoms with Crippen molar-refractivity contribution in [3.05, 3.63) is 53.1 Å². The highest BCUT2D eigenvalue weighted by atomic mass is 35.5. The number of pyridine rings is 1. The van der Waals surface area contributed by atoms with Crippen LogP contribution in [0.3, 0.4) is 0 Å². The average Bonchev–Trinajstić information content (AvgIpc) is 3.09. The van der Waals surface area contributed by atoms with Crippen molar-refractivity contribution in [2.45, 2.75) is 11.4 Å². The van der Waals surface area contributed by atoms with Gasteiger partial charge >= 0.3 is 0 Å². The lowest BCUT2D eigenvalue weighted by atomic mass is 10.1. The Hall–Kier alpha value is -2.29. The van der Waals surface area contributed by atoms with E-state index in [0.717, 1.165) is 6.20 Å². The largest absolute Gasteiger partial charge is 0.327 e. The molecule has 0 bridgehead atoms. The van der Waals surface area contributed by atoms with Crippen LogP contribution in [0, 0.1) is 5.82 Å². The molecule has 6 nitrogen and oxygen atoms in total. The van der Waals surface area contributed by atoms with Gasteiger partial charge in [-0.2, -0.15) is 0 Å². The summed E-state index contributed by atoms with van der Waals surface area (Å²) in [7, 11) is -3.48. The molecule has 0 radical (unpaired) electrons. The number of rotatable bonds is 2. The molecule has 122 valence electrons. The van der Waals surface area contributed by atoms with Gasteiger partial charge in [0.2, 0.25) is 10.0 Å². The fraction of sp³-hybridized carbons (Fsp3) is 0.0667. The summed E-state index contributed by atoms with van der Waals surface area (Å²) < 4.78 is 39.4. The van der Waals surface area contributed by atoms with E-state index in [4.69, 9.17) is 11.6 Å². The second-order valence-electron chi connectivity index (χ2n) is 5.22. The van der Waals surface area contributed by atoms with Gasteiger partial charge in [0.05, 0.1) is 11.1 Å². The van der Waals surface area contributed by atoms with Crippen molar-refractivity contribution in [3.63, 3.8) is 0 Å². The highest BCUT2D eigenvalue weighted by Gasteiger charge is 2.29. The molecule has 1 aliphatic rings. The van der Waals surface area contributed by atoms with Crippen LogP contribution in [0.1, 0.15) is 5.56 Å². The molecule has 0 fully saturated rings. The Kier molecular flexibility index (Phi) is 3.41. The quantitative estimate of drug-likeness (QED) is 0.731. The average molecular weight is 365 g/mol. The van der Waals surface area contributed by atoms with Gasteiger partial charge in [-0.15, -0.1) is 0 Å². The van der Waals surface area contributed by atoms with Crippen LogP contribution in [0.2, 0.25) is 5.15 Å². The normalized spacial score (nSPS) is 15.4. The molecule has 24 heavy (non-hydrogen) atoms. The molecule has 0 atom stereocenters. The van der Waals surface area contributed by atoms with E-state index in [1.165, 1.54) is 18.2 Å². The molecule has 3 aromatic rings. The minimum absolute atomic E-state index is 0.182. The molecule has 0 saturated carbocycles. The van der Waals surface area contributed by atoms with Gasteiger partial charge in [-0.25, -0.2) is 27.5 Å². The lowest BCUT2D eigenvalue weighted by molar-refractivity contribution is 0.589. The lowest BCUT2D eigenvalue weighted by Crippen LogP contribution is -2.13. The number of fused-ring (bicyclic) bond motifs is 1. The summed E-state index contributed by atoms with van der Waals surface area (Å²) in [4.78, 5) is 11.5. The van der Waals surface area contributed by atoms with Crippen LogP contribution < -0.4 is 4.72 Å². The first-order valence-electron chi connectivity index (χ1n) is 6.95. The van der Waals surface area contributed by atoms with E-state index in [1.807, 2.05) is 0 Å². The number of imidazole rings is 1. The van der Waals surface area contributed by atoms with Gasteiger partial charge in [0.25, 0.3) is 0 Å². The Labute approximate surface area is 141 Å². The maximum absolute atomic E-state index is 13.0. The zero-order chi connectivity index (χ0) is 16.9. The summed E-state index contributed by atoms with van der Waals surface area (Å²) in [5.74, 6) is -0.0739. The molecule has 1 aliphatic heterocycles. The predicted octanol–water partition coefficient (Wildman–Crippen LogP) is 2.72. The zero-order valence-corrected chi connectivity index (χ0v) is 13.6. The van der Waals surface area contributed by atoms with Gasteiger partial charge in [-0.1, -0.05) is 23.7 Å². The van der Waals surface area contributed by atoms with E-state index in [1.54, 1.807) is 12.1 Å². The number of hydrogen-bond donors (Lipinski definition) is 2. The molecule has 2 aromatic heterocycles. The van der Waals surface area contributed by atoms with Gasteiger partial charge in [-0.3, -0.25) is 0 Å². The van der Waals surface area contributed by atoms with Crippen molar-refractivity contribution < 1.29 is 12.8 Å². The first-order valence-corrected chi connectivity index (χ1v) is 8.81. The molecule has 0 aliphatic carbocycles. The minimum atomic E-state index is -3.48. The van der Waals surface area contributed by atoms with Crippen LogP contribution in [0.4, 0.5) is 4.39 Å². The molecule has 4 rings (SSSR count). The van der Waals surface area contributed by atoms with Gasteiger partial charge in [0.15, 0.2) is 5.82 Å². The fourth-order valence-electron chi connectivity index (χ4n) is 2.63.